The average molecular weight is 334 g/mol. The van der Waals surface area contributed by atoms with Gasteiger partial charge in [0, 0.05) is 16.4 Å². The minimum atomic E-state index is -0.742. The first-order chi connectivity index (χ1) is 9.38. The van der Waals surface area contributed by atoms with Crippen LogP contribution in [-0.2, 0) is 0 Å². The topological polar surface area (TPSA) is 55.1 Å². The van der Waals surface area contributed by atoms with Crippen LogP contribution < -0.4 is 11.1 Å². The highest BCUT2D eigenvalue weighted by Gasteiger charge is 2.13. The molecule has 0 fully saturated rings. The third-order valence-corrected chi connectivity index (χ3v) is 3.29. The molecule has 0 aliphatic rings. The smallest absolute Gasteiger partial charge is 0.257 e. The zero-order chi connectivity index (χ0) is 14.9. The summed E-state index contributed by atoms with van der Waals surface area (Å²) in [6, 6.07) is 7.02. The van der Waals surface area contributed by atoms with Crippen LogP contribution in [0.15, 0.2) is 30.3 Å². The van der Waals surface area contributed by atoms with Crippen molar-refractivity contribution in [3.05, 3.63) is 56.8 Å². The molecule has 3 nitrogen and oxygen atoms in total. The van der Waals surface area contributed by atoms with E-state index in [0.29, 0.717) is 5.02 Å². The van der Waals surface area contributed by atoms with Crippen molar-refractivity contribution in [3.63, 3.8) is 0 Å². The van der Waals surface area contributed by atoms with Gasteiger partial charge in [-0.2, -0.15) is 0 Å². The molecule has 0 saturated heterocycles. The fourth-order valence-corrected chi connectivity index (χ4v) is 2.21. The maximum absolute atomic E-state index is 13.3. The molecule has 2 aromatic carbocycles. The SMILES string of the molecule is Nc1ccc(Cl)cc1C(=O)Nc1cc(Cl)c(F)c(Cl)c1. The number of halogens is 4. The quantitative estimate of drug-likeness (QED) is 0.622. The Bertz CT molecular complexity index is 668. The molecule has 0 aliphatic carbocycles. The first-order valence-electron chi connectivity index (χ1n) is 5.39. The Balaban J connectivity index is 2.30. The second kappa shape index (κ2) is 5.87. The summed E-state index contributed by atoms with van der Waals surface area (Å²) in [4.78, 5) is 12.1. The maximum atomic E-state index is 13.3. The van der Waals surface area contributed by atoms with E-state index in [1.54, 1.807) is 6.07 Å². The number of anilines is 2. The average Bonchev–Trinajstić information content (AvgIpc) is 2.38. The standard InChI is InChI=1S/C13H8Cl3FN2O/c14-6-1-2-11(18)8(3-6)13(20)19-7-4-9(15)12(17)10(16)5-7/h1-5H,18H2,(H,19,20). The van der Waals surface area contributed by atoms with Gasteiger partial charge in [0.25, 0.3) is 5.91 Å². The van der Waals surface area contributed by atoms with E-state index < -0.39 is 11.7 Å². The van der Waals surface area contributed by atoms with Gasteiger partial charge in [-0.15, -0.1) is 0 Å². The normalized spacial score (nSPS) is 10.4. The molecule has 3 N–H and O–H groups in total. The Hall–Kier alpha value is -1.49. The van der Waals surface area contributed by atoms with Gasteiger partial charge < -0.3 is 11.1 Å². The highest BCUT2D eigenvalue weighted by molar-refractivity contribution is 6.35. The molecule has 0 aromatic heterocycles. The highest BCUT2D eigenvalue weighted by Crippen LogP contribution is 2.28. The number of nitrogens with one attached hydrogen (secondary N) is 1. The van der Waals surface area contributed by atoms with Gasteiger partial charge in [0.1, 0.15) is 0 Å². The van der Waals surface area contributed by atoms with Gasteiger partial charge in [0.2, 0.25) is 0 Å². The number of hydrogen-bond donors (Lipinski definition) is 2. The molecular weight excluding hydrogens is 326 g/mol. The van der Waals surface area contributed by atoms with Crippen molar-refractivity contribution in [2.24, 2.45) is 0 Å². The van der Waals surface area contributed by atoms with Crippen molar-refractivity contribution in [3.8, 4) is 0 Å². The van der Waals surface area contributed by atoms with E-state index >= 15 is 0 Å². The van der Waals surface area contributed by atoms with Gasteiger partial charge in [-0.05, 0) is 30.3 Å². The number of benzene rings is 2. The van der Waals surface area contributed by atoms with Gasteiger partial charge in [0.15, 0.2) is 5.82 Å². The van der Waals surface area contributed by atoms with Crippen LogP contribution in [0.1, 0.15) is 10.4 Å². The van der Waals surface area contributed by atoms with Crippen LogP contribution in [0.3, 0.4) is 0 Å². The Kier molecular flexibility index (Phi) is 4.38. The zero-order valence-corrected chi connectivity index (χ0v) is 12.2. The number of carbonyl (C=O) groups is 1. The molecule has 2 aromatic rings. The van der Waals surface area contributed by atoms with Gasteiger partial charge in [0.05, 0.1) is 15.6 Å². The summed E-state index contributed by atoms with van der Waals surface area (Å²) >= 11 is 17.1. The minimum absolute atomic E-state index is 0.188. The van der Waals surface area contributed by atoms with Crippen molar-refractivity contribution in [1.82, 2.24) is 0 Å². The Labute approximate surface area is 129 Å². The molecule has 0 heterocycles. The molecule has 0 saturated carbocycles. The number of hydrogen-bond acceptors (Lipinski definition) is 2. The predicted octanol–water partition coefficient (Wildman–Crippen LogP) is 4.62. The van der Waals surface area contributed by atoms with Crippen molar-refractivity contribution < 1.29 is 9.18 Å². The van der Waals surface area contributed by atoms with Crippen LogP contribution in [0, 0.1) is 5.82 Å². The number of carbonyl (C=O) groups excluding carboxylic acids is 1. The molecule has 0 unspecified atom stereocenters. The Morgan fingerprint density at radius 1 is 1.10 bits per heavy atom. The second-order valence-electron chi connectivity index (χ2n) is 3.94. The summed E-state index contributed by atoms with van der Waals surface area (Å²) in [7, 11) is 0. The van der Waals surface area contributed by atoms with Crippen LogP contribution in [0.5, 0.6) is 0 Å². The zero-order valence-electron chi connectivity index (χ0n) is 9.88. The highest BCUT2D eigenvalue weighted by atomic mass is 35.5. The molecular formula is C13H8Cl3FN2O. The van der Waals surface area contributed by atoms with Crippen LogP contribution in [0.2, 0.25) is 15.1 Å². The summed E-state index contributed by atoms with van der Waals surface area (Å²) < 4.78 is 13.3. The lowest BCUT2D eigenvalue weighted by molar-refractivity contribution is 0.102. The summed E-state index contributed by atoms with van der Waals surface area (Å²) in [5, 5.41) is 2.52. The fraction of sp³-hybridized carbons (Fsp3) is 0. The minimum Gasteiger partial charge on any atom is -0.398 e. The van der Waals surface area contributed by atoms with Crippen molar-refractivity contribution in [2.75, 3.05) is 11.1 Å². The van der Waals surface area contributed by atoms with E-state index in [-0.39, 0.29) is 27.0 Å². The lowest BCUT2D eigenvalue weighted by atomic mass is 10.1. The van der Waals surface area contributed by atoms with E-state index in [1.165, 1.54) is 24.3 Å². The lowest BCUT2D eigenvalue weighted by Crippen LogP contribution is -2.14. The molecule has 1 amide bonds. The molecule has 20 heavy (non-hydrogen) atoms. The van der Waals surface area contributed by atoms with Gasteiger partial charge in [-0.1, -0.05) is 34.8 Å². The van der Waals surface area contributed by atoms with Gasteiger partial charge >= 0.3 is 0 Å². The van der Waals surface area contributed by atoms with E-state index in [9.17, 15) is 9.18 Å². The van der Waals surface area contributed by atoms with Crippen LogP contribution in [0.25, 0.3) is 0 Å². The van der Waals surface area contributed by atoms with Crippen LogP contribution >= 0.6 is 34.8 Å². The van der Waals surface area contributed by atoms with Gasteiger partial charge in [-0.3, -0.25) is 4.79 Å². The third kappa shape index (κ3) is 3.15. The van der Waals surface area contributed by atoms with E-state index in [1.807, 2.05) is 0 Å². The van der Waals surface area contributed by atoms with Crippen molar-refractivity contribution >= 4 is 52.1 Å². The molecule has 7 heteroatoms. The number of nitrogens with two attached hydrogens (primary N) is 1. The first-order valence-corrected chi connectivity index (χ1v) is 6.53. The summed E-state index contributed by atoms with van der Waals surface area (Å²) in [6.07, 6.45) is 0. The summed E-state index contributed by atoms with van der Waals surface area (Å²) in [5.41, 5.74) is 6.42. The fourth-order valence-electron chi connectivity index (χ4n) is 1.55. The largest absolute Gasteiger partial charge is 0.398 e. The van der Waals surface area contributed by atoms with E-state index in [4.69, 9.17) is 40.5 Å². The monoisotopic (exact) mass is 332 g/mol. The van der Waals surface area contributed by atoms with E-state index in [0.717, 1.165) is 0 Å². The molecule has 0 radical (unpaired) electrons. The number of amides is 1. The van der Waals surface area contributed by atoms with Crippen LogP contribution in [0.4, 0.5) is 15.8 Å². The molecule has 0 spiro atoms. The second-order valence-corrected chi connectivity index (χ2v) is 5.19. The maximum Gasteiger partial charge on any atom is 0.257 e. The predicted molar refractivity (Wildman–Crippen MR) is 80.2 cm³/mol. The molecule has 0 aliphatic heterocycles. The number of nitrogen functional groups attached to an aromatic ring is 1. The van der Waals surface area contributed by atoms with Crippen molar-refractivity contribution in [2.45, 2.75) is 0 Å². The lowest BCUT2D eigenvalue weighted by Gasteiger charge is -2.09. The Morgan fingerprint density at radius 3 is 2.30 bits per heavy atom. The summed E-state index contributed by atoms with van der Waals surface area (Å²) in [5.74, 6) is -1.24. The van der Waals surface area contributed by atoms with Crippen molar-refractivity contribution in [1.29, 1.82) is 0 Å². The molecule has 0 bridgehead atoms. The molecule has 104 valence electrons. The molecule has 2 rings (SSSR count). The third-order valence-electron chi connectivity index (χ3n) is 2.50. The summed E-state index contributed by atoms with van der Waals surface area (Å²) in [6.45, 7) is 0. The van der Waals surface area contributed by atoms with Crippen LogP contribution in [-0.4, -0.2) is 5.91 Å². The number of rotatable bonds is 2. The first kappa shape index (κ1) is 14.9. The Morgan fingerprint density at radius 2 is 1.70 bits per heavy atom. The molecule has 0 atom stereocenters. The van der Waals surface area contributed by atoms with Gasteiger partial charge in [-0.25, -0.2) is 4.39 Å². The van der Waals surface area contributed by atoms with E-state index in [2.05, 4.69) is 5.32 Å².